The number of thioether (sulfide) groups is 1. The predicted molar refractivity (Wildman–Crippen MR) is 119 cm³/mol. The zero-order valence-electron chi connectivity index (χ0n) is 17.0. The zero-order chi connectivity index (χ0) is 22.9. The molecule has 32 heavy (non-hydrogen) atoms. The number of hydrogen-bond acceptors (Lipinski definition) is 3. The fourth-order valence-corrected chi connectivity index (χ4v) is 5.73. The van der Waals surface area contributed by atoms with Crippen LogP contribution < -0.4 is 5.32 Å². The van der Waals surface area contributed by atoms with Crippen LogP contribution in [0.1, 0.15) is 28.8 Å². The van der Waals surface area contributed by atoms with Crippen molar-refractivity contribution in [3.05, 3.63) is 64.7 Å². The summed E-state index contributed by atoms with van der Waals surface area (Å²) >= 11 is 7.62. The Morgan fingerprint density at radius 1 is 1.00 bits per heavy atom. The largest absolute Gasteiger partial charge is 0.418 e. The van der Waals surface area contributed by atoms with Crippen molar-refractivity contribution in [1.29, 1.82) is 0 Å². The Bertz CT molecular complexity index is 1010. The number of rotatable bonds is 2. The van der Waals surface area contributed by atoms with Gasteiger partial charge in [0, 0.05) is 36.0 Å². The normalized spacial score (nSPS) is 18.1. The molecule has 10 heteroatoms. The van der Waals surface area contributed by atoms with E-state index in [-0.39, 0.29) is 11.6 Å². The van der Waals surface area contributed by atoms with Crippen LogP contribution in [0.2, 0.25) is 5.02 Å². The predicted octanol–water partition coefficient (Wildman–Crippen LogP) is 5.57. The molecule has 4 rings (SSSR count). The molecule has 2 fully saturated rings. The van der Waals surface area contributed by atoms with Gasteiger partial charge in [0.1, 0.15) is 0 Å². The average molecular weight is 484 g/mol. The molecule has 0 aromatic heterocycles. The maximum absolute atomic E-state index is 13.2. The maximum Gasteiger partial charge on any atom is 0.418 e. The minimum Gasteiger partial charge on any atom is -0.324 e. The first-order valence-corrected chi connectivity index (χ1v) is 11.5. The molecule has 2 aromatic rings. The first-order valence-electron chi connectivity index (χ1n) is 10.1. The molecule has 0 bridgehead atoms. The fourth-order valence-electron chi connectivity index (χ4n) is 4.15. The standard InChI is InChI=1S/C22H21ClF3N3O2S/c23-16-7-5-15(6-8-16)19(30)29-13-14-32-21(29)9-11-28(12-10-21)20(31)27-18-4-2-1-3-17(18)22(24,25)26/h1-8H,9-14H2,(H,27,31). The molecule has 2 aromatic carbocycles. The summed E-state index contributed by atoms with van der Waals surface area (Å²) in [6, 6.07) is 11.1. The van der Waals surface area contributed by atoms with Gasteiger partial charge in [-0.1, -0.05) is 23.7 Å². The third kappa shape index (κ3) is 4.54. The van der Waals surface area contributed by atoms with Crippen molar-refractivity contribution in [2.75, 3.05) is 30.7 Å². The Balaban J connectivity index is 1.43. The Morgan fingerprint density at radius 3 is 2.31 bits per heavy atom. The Hall–Kier alpha value is -2.39. The zero-order valence-corrected chi connectivity index (χ0v) is 18.6. The lowest BCUT2D eigenvalue weighted by atomic mass is 10.0. The van der Waals surface area contributed by atoms with Gasteiger partial charge in [-0.15, -0.1) is 11.8 Å². The topological polar surface area (TPSA) is 52.7 Å². The second kappa shape index (κ2) is 8.86. The van der Waals surface area contributed by atoms with E-state index in [1.54, 1.807) is 36.0 Å². The van der Waals surface area contributed by atoms with Gasteiger partial charge in [-0.05, 0) is 49.2 Å². The van der Waals surface area contributed by atoms with Crippen LogP contribution in [-0.2, 0) is 6.18 Å². The van der Waals surface area contributed by atoms with Gasteiger partial charge < -0.3 is 15.1 Å². The van der Waals surface area contributed by atoms with Crippen LogP contribution in [0.5, 0.6) is 0 Å². The summed E-state index contributed by atoms with van der Waals surface area (Å²) in [5.74, 6) is 0.716. The lowest BCUT2D eigenvalue weighted by Gasteiger charge is -2.44. The van der Waals surface area contributed by atoms with E-state index in [2.05, 4.69) is 5.32 Å². The van der Waals surface area contributed by atoms with E-state index in [0.29, 0.717) is 43.1 Å². The van der Waals surface area contributed by atoms with Crippen molar-refractivity contribution in [3.63, 3.8) is 0 Å². The summed E-state index contributed by atoms with van der Waals surface area (Å²) in [6.07, 6.45) is -3.46. The van der Waals surface area contributed by atoms with Crippen LogP contribution in [0.15, 0.2) is 48.5 Å². The first kappa shape index (κ1) is 22.8. The number of nitrogens with zero attached hydrogens (tertiary/aromatic N) is 2. The number of urea groups is 1. The lowest BCUT2D eigenvalue weighted by Crippen LogP contribution is -2.54. The summed E-state index contributed by atoms with van der Waals surface area (Å²) in [5, 5.41) is 2.95. The van der Waals surface area contributed by atoms with Crippen LogP contribution in [-0.4, -0.2) is 52.0 Å². The number of alkyl halides is 3. The van der Waals surface area contributed by atoms with E-state index >= 15 is 0 Å². The smallest absolute Gasteiger partial charge is 0.324 e. The van der Waals surface area contributed by atoms with Crippen molar-refractivity contribution in [1.82, 2.24) is 9.80 Å². The van der Waals surface area contributed by atoms with Crippen molar-refractivity contribution in [3.8, 4) is 0 Å². The number of para-hydroxylation sites is 1. The molecule has 0 atom stereocenters. The summed E-state index contributed by atoms with van der Waals surface area (Å²) in [7, 11) is 0. The van der Waals surface area contributed by atoms with E-state index in [9.17, 15) is 22.8 Å². The third-order valence-electron chi connectivity index (χ3n) is 5.82. The van der Waals surface area contributed by atoms with Gasteiger partial charge in [-0.25, -0.2) is 4.79 Å². The SMILES string of the molecule is O=C(Nc1ccccc1C(F)(F)F)N1CCC2(CC1)SCCN2C(=O)c1ccc(Cl)cc1. The van der Waals surface area contributed by atoms with E-state index in [1.807, 2.05) is 4.90 Å². The molecule has 5 nitrogen and oxygen atoms in total. The van der Waals surface area contributed by atoms with Crippen molar-refractivity contribution in [2.45, 2.75) is 23.9 Å². The molecule has 2 heterocycles. The Morgan fingerprint density at radius 2 is 1.66 bits per heavy atom. The molecule has 170 valence electrons. The Kier molecular flexibility index (Phi) is 6.31. The average Bonchev–Trinajstić information content (AvgIpc) is 3.16. The summed E-state index contributed by atoms with van der Waals surface area (Å²) < 4.78 is 39.6. The highest BCUT2D eigenvalue weighted by atomic mass is 35.5. The van der Waals surface area contributed by atoms with E-state index in [1.165, 1.54) is 23.1 Å². The molecule has 2 aliphatic rings. The number of carbonyl (C=O) groups is 2. The molecule has 1 spiro atoms. The molecule has 2 saturated heterocycles. The second-order valence-electron chi connectivity index (χ2n) is 7.72. The number of nitrogens with one attached hydrogen (secondary N) is 1. The quantitative estimate of drug-likeness (QED) is 0.607. The van der Waals surface area contributed by atoms with Crippen molar-refractivity contribution >= 4 is 41.0 Å². The van der Waals surface area contributed by atoms with Crippen LogP contribution in [0.25, 0.3) is 0 Å². The van der Waals surface area contributed by atoms with Gasteiger partial charge in [0.25, 0.3) is 5.91 Å². The maximum atomic E-state index is 13.2. The van der Waals surface area contributed by atoms with Crippen LogP contribution in [0, 0.1) is 0 Å². The van der Waals surface area contributed by atoms with E-state index < -0.39 is 22.6 Å². The first-order chi connectivity index (χ1) is 15.2. The minimum atomic E-state index is -4.56. The number of piperidine rings is 1. The molecule has 1 N–H and O–H groups in total. The third-order valence-corrected chi connectivity index (χ3v) is 7.62. The number of hydrogen-bond donors (Lipinski definition) is 1. The van der Waals surface area contributed by atoms with Gasteiger partial charge in [0.05, 0.1) is 16.1 Å². The van der Waals surface area contributed by atoms with Gasteiger partial charge in [0.15, 0.2) is 0 Å². The molecular formula is C22H21ClF3N3O2S. The molecule has 2 aliphatic heterocycles. The molecule has 0 aliphatic carbocycles. The van der Waals surface area contributed by atoms with Gasteiger partial charge in [-0.3, -0.25) is 4.79 Å². The molecule has 0 radical (unpaired) electrons. The van der Waals surface area contributed by atoms with Gasteiger partial charge in [-0.2, -0.15) is 13.2 Å². The number of benzene rings is 2. The highest BCUT2D eigenvalue weighted by Crippen LogP contribution is 2.44. The summed E-state index contributed by atoms with van der Waals surface area (Å²) in [5.41, 5.74) is -0.590. The fraction of sp³-hybridized carbons (Fsp3) is 0.364. The van der Waals surface area contributed by atoms with Crippen LogP contribution >= 0.6 is 23.4 Å². The highest BCUT2D eigenvalue weighted by molar-refractivity contribution is 8.00. The van der Waals surface area contributed by atoms with Crippen LogP contribution in [0.4, 0.5) is 23.7 Å². The number of anilines is 1. The second-order valence-corrected chi connectivity index (χ2v) is 9.61. The number of carbonyl (C=O) groups excluding carboxylic acids is 2. The molecule has 0 unspecified atom stereocenters. The van der Waals surface area contributed by atoms with Gasteiger partial charge >= 0.3 is 12.2 Å². The van der Waals surface area contributed by atoms with E-state index in [4.69, 9.17) is 11.6 Å². The number of likely N-dealkylation sites (tertiary alicyclic amines) is 1. The van der Waals surface area contributed by atoms with Crippen LogP contribution in [0.3, 0.4) is 0 Å². The molecule has 3 amide bonds. The molecule has 0 saturated carbocycles. The highest BCUT2D eigenvalue weighted by Gasteiger charge is 2.47. The number of amides is 3. The summed E-state index contributed by atoms with van der Waals surface area (Å²) in [6.45, 7) is 1.30. The van der Waals surface area contributed by atoms with Gasteiger partial charge in [0.2, 0.25) is 0 Å². The van der Waals surface area contributed by atoms with Crippen molar-refractivity contribution in [2.24, 2.45) is 0 Å². The Labute approximate surface area is 192 Å². The minimum absolute atomic E-state index is 0.0799. The van der Waals surface area contributed by atoms with Crippen molar-refractivity contribution < 1.29 is 22.8 Å². The molecular weight excluding hydrogens is 463 g/mol. The number of halogens is 4. The monoisotopic (exact) mass is 483 g/mol. The van der Waals surface area contributed by atoms with E-state index in [0.717, 1.165) is 11.8 Å². The summed E-state index contributed by atoms with van der Waals surface area (Å²) in [4.78, 5) is 28.7. The lowest BCUT2D eigenvalue weighted by molar-refractivity contribution is -0.136.